The summed E-state index contributed by atoms with van der Waals surface area (Å²) in [4.78, 5) is 11.5. The van der Waals surface area contributed by atoms with E-state index >= 15 is 0 Å². The van der Waals surface area contributed by atoms with Crippen molar-refractivity contribution in [1.82, 2.24) is 4.72 Å². The first kappa shape index (κ1) is 18.0. The predicted molar refractivity (Wildman–Crippen MR) is 83.7 cm³/mol. The average Bonchev–Trinajstić information content (AvgIpc) is 2.59. The number of benzene rings is 2. The van der Waals surface area contributed by atoms with E-state index in [0.29, 0.717) is 5.56 Å². The van der Waals surface area contributed by atoms with Crippen LogP contribution in [0.2, 0.25) is 0 Å². The summed E-state index contributed by atoms with van der Waals surface area (Å²) in [5, 5.41) is 19.0. The molecule has 2 rings (SSSR count). The number of rotatable bonds is 6. The summed E-state index contributed by atoms with van der Waals surface area (Å²) in [6.07, 6.45) is 0. The Bertz CT molecular complexity index is 808. The van der Waals surface area contributed by atoms with Gasteiger partial charge in [0.05, 0.1) is 7.11 Å². The number of carbonyl (C=O) groups excluding carboxylic acids is 1. The minimum Gasteiger partial charge on any atom is -0.595 e. The van der Waals surface area contributed by atoms with Crippen LogP contribution in [-0.4, -0.2) is 26.7 Å². The quantitative estimate of drug-likeness (QED) is 0.507. The van der Waals surface area contributed by atoms with Gasteiger partial charge in [-0.15, -0.1) is 0 Å². The fraction of sp³-hybridized carbons (Fsp3) is 0.133. The Morgan fingerprint density at radius 3 is 2.33 bits per heavy atom. The van der Waals surface area contributed by atoms with Crippen LogP contribution in [0.3, 0.4) is 0 Å². The van der Waals surface area contributed by atoms with E-state index in [0.717, 1.165) is 13.2 Å². The zero-order chi connectivity index (χ0) is 17.7. The molecule has 0 fully saturated rings. The summed E-state index contributed by atoms with van der Waals surface area (Å²) < 4.78 is 32.0. The Kier molecular flexibility index (Phi) is 5.65. The zero-order valence-corrected chi connectivity index (χ0v) is 13.5. The molecule has 128 valence electrons. The standard InChI is InChI=1S/C15H16N2O6S/c1-23-15(18)14(11-7-3-2-4-8-11)16-24(21,22)13-10-6-5-9-12(13)17(19)20/h2-10,14,16-17,19H,1H3/t14-/m0/s1. The van der Waals surface area contributed by atoms with Crippen molar-refractivity contribution < 1.29 is 28.4 Å². The maximum absolute atomic E-state index is 12.6. The Balaban J connectivity index is 2.44. The number of carbonyl (C=O) groups is 1. The third kappa shape index (κ3) is 3.96. The van der Waals surface area contributed by atoms with E-state index < -0.39 is 32.2 Å². The largest absolute Gasteiger partial charge is 0.595 e. The number of hydrogen-bond donors (Lipinski definition) is 3. The van der Waals surface area contributed by atoms with Crippen molar-refractivity contribution in [1.29, 1.82) is 0 Å². The summed E-state index contributed by atoms with van der Waals surface area (Å²) in [6.45, 7) is 0. The summed E-state index contributed by atoms with van der Waals surface area (Å²) in [5.74, 6) is -0.808. The summed E-state index contributed by atoms with van der Waals surface area (Å²) >= 11 is 0. The van der Waals surface area contributed by atoms with Crippen LogP contribution >= 0.6 is 0 Å². The lowest BCUT2D eigenvalue weighted by Gasteiger charge is -2.19. The number of quaternary nitrogens is 1. The second kappa shape index (κ2) is 7.51. The molecule has 9 heteroatoms. The predicted octanol–water partition coefficient (Wildman–Crippen LogP) is 0.283. The molecular formula is C15H16N2O6S. The van der Waals surface area contributed by atoms with Gasteiger partial charge in [0.25, 0.3) is 0 Å². The van der Waals surface area contributed by atoms with E-state index in [-0.39, 0.29) is 5.69 Å². The van der Waals surface area contributed by atoms with Crippen LogP contribution in [0.1, 0.15) is 11.6 Å². The van der Waals surface area contributed by atoms with Crippen molar-refractivity contribution in [3.8, 4) is 0 Å². The van der Waals surface area contributed by atoms with Gasteiger partial charge in [0.1, 0.15) is 10.9 Å². The Morgan fingerprint density at radius 2 is 1.75 bits per heavy atom. The van der Waals surface area contributed by atoms with Gasteiger partial charge in [-0.05, 0) is 11.6 Å². The van der Waals surface area contributed by atoms with E-state index in [1.54, 1.807) is 30.3 Å². The fourth-order valence-corrected chi connectivity index (χ4v) is 3.48. The monoisotopic (exact) mass is 352 g/mol. The average molecular weight is 352 g/mol. The van der Waals surface area contributed by atoms with Gasteiger partial charge >= 0.3 is 5.97 Å². The number of para-hydroxylation sites is 1. The second-order valence-corrected chi connectivity index (χ2v) is 6.47. The molecule has 0 radical (unpaired) electrons. The molecule has 2 atom stereocenters. The minimum atomic E-state index is -4.27. The van der Waals surface area contributed by atoms with E-state index in [4.69, 9.17) is 5.21 Å². The Morgan fingerprint density at radius 1 is 1.17 bits per heavy atom. The van der Waals surface area contributed by atoms with E-state index in [1.807, 2.05) is 0 Å². The highest BCUT2D eigenvalue weighted by atomic mass is 32.2. The summed E-state index contributed by atoms with van der Waals surface area (Å²) in [5.41, 5.74) is -0.0117. The molecule has 0 aliphatic heterocycles. The lowest BCUT2D eigenvalue weighted by Crippen LogP contribution is -2.99. The molecule has 1 unspecified atom stereocenters. The first-order valence-corrected chi connectivity index (χ1v) is 8.32. The fourth-order valence-electron chi connectivity index (χ4n) is 2.11. The number of ether oxygens (including phenoxy) is 1. The van der Waals surface area contributed by atoms with Gasteiger partial charge in [-0.1, -0.05) is 42.5 Å². The van der Waals surface area contributed by atoms with Crippen LogP contribution in [0, 0.1) is 5.21 Å². The van der Waals surface area contributed by atoms with E-state index in [1.165, 1.54) is 18.2 Å². The van der Waals surface area contributed by atoms with Crippen molar-refractivity contribution in [3.05, 3.63) is 65.4 Å². The SMILES string of the molecule is COC(=O)[C@@H](NS(=O)(=O)c1ccccc1[NH+]([O-])O)c1ccccc1. The molecule has 0 aliphatic carbocycles. The Hall–Kier alpha value is -2.30. The molecule has 0 heterocycles. The maximum atomic E-state index is 12.6. The van der Waals surface area contributed by atoms with Crippen LogP contribution in [0.15, 0.2) is 59.5 Å². The molecule has 0 saturated carbocycles. The molecule has 0 amide bonds. The van der Waals surface area contributed by atoms with Crippen molar-refractivity contribution in [2.75, 3.05) is 7.11 Å². The van der Waals surface area contributed by atoms with Crippen LogP contribution in [-0.2, 0) is 19.6 Å². The molecule has 3 N–H and O–H groups in total. The van der Waals surface area contributed by atoms with Crippen LogP contribution in [0.4, 0.5) is 5.69 Å². The lowest BCUT2D eigenvalue weighted by atomic mass is 10.1. The van der Waals surface area contributed by atoms with Gasteiger partial charge < -0.3 is 9.94 Å². The van der Waals surface area contributed by atoms with Crippen LogP contribution in [0.25, 0.3) is 0 Å². The van der Waals surface area contributed by atoms with Crippen molar-refractivity contribution >= 4 is 21.7 Å². The highest BCUT2D eigenvalue weighted by molar-refractivity contribution is 7.89. The molecule has 0 aliphatic rings. The number of sulfonamides is 1. The molecule has 0 spiro atoms. The third-order valence-corrected chi connectivity index (χ3v) is 4.73. The minimum absolute atomic E-state index is 0.376. The van der Waals surface area contributed by atoms with Gasteiger partial charge in [-0.3, -0.25) is 0 Å². The number of hydrogen-bond acceptors (Lipinski definition) is 6. The van der Waals surface area contributed by atoms with E-state index in [2.05, 4.69) is 9.46 Å². The number of nitrogens with one attached hydrogen (secondary N) is 2. The van der Waals surface area contributed by atoms with Crippen molar-refractivity contribution in [2.45, 2.75) is 10.9 Å². The lowest BCUT2D eigenvalue weighted by molar-refractivity contribution is -0.992. The topological polar surface area (TPSA) is 120 Å². The molecule has 2 aromatic carbocycles. The molecular weight excluding hydrogens is 336 g/mol. The maximum Gasteiger partial charge on any atom is 0.328 e. The molecule has 0 bridgehead atoms. The first-order chi connectivity index (χ1) is 11.4. The van der Waals surface area contributed by atoms with Crippen LogP contribution < -0.4 is 9.95 Å². The molecule has 0 aromatic heterocycles. The van der Waals surface area contributed by atoms with Gasteiger partial charge in [0.15, 0.2) is 5.69 Å². The zero-order valence-electron chi connectivity index (χ0n) is 12.7. The van der Waals surface area contributed by atoms with Gasteiger partial charge in [-0.2, -0.15) is 9.95 Å². The highest BCUT2D eigenvalue weighted by Gasteiger charge is 2.30. The van der Waals surface area contributed by atoms with Crippen LogP contribution in [0.5, 0.6) is 0 Å². The summed E-state index contributed by atoms with van der Waals surface area (Å²) in [7, 11) is -3.13. The molecule has 2 aromatic rings. The van der Waals surface area contributed by atoms with E-state index in [9.17, 15) is 18.4 Å². The second-order valence-electron chi connectivity index (χ2n) is 4.79. The summed E-state index contributed by atoms with van der Waals surface area (Å²) in [6, 6.07) is 12.0. The van der Waals surface area contributed by atoms with Gasteiger partial charge in [0.2, 0.25) is 10.0 Å². The highest BCUT2D eigenvalue weighted by Crippen LogP contribution is 2.22. The number of esters is 1. The Labute approximate surface area is 138 Å². The first-order valence-electron chi connectivity index (χ1n) is 6.84. The van der Waals surface area contributed by atoms with Crippen molar-refractivity contribution in [2.24, 2.45) is 0 Å². The normalized spacial score (nSPS) is 14.0. The molecule has 8 nitrogen and oxygen atoms in total. The van der Waals surface area contributed by atoms with Gasteiger partial charge in [-0.25, -0.2) is 18.4 Å². The third-order valence-electron chi connectivity index (χ3n) is 3.25. The van der Waals surface area contributed by atoms with Crippen molar-refractivity contribution in [3.63, 3.8) is 0 Å². The molecule has 24 heavy (non-hydrogen) atoms. The van der Waals surface area contributed by atoms with Gasteiger partial charge in [0, 0.05) is 6.07 Å². The smallest absolute Gasteiger partial charge is 0.328 e. The molecule has 0 saturated heterocycles. The number of methoxy groups -OCH3 is 1.